The molecule has 0 aliphatic heterocycles. The number of aromatic nitrogens is 5. The van der Waals surface area contributed by atoms with Crippen molar-refractivity contribution in [3.8, 4) is 0 Å². The molecule has 0 aliphatic rings. The van der Waals surface area contributed by atoms with Crippen LogP contribution in [0.25, 0.3) is 0 Å². The molecular formula is C27H21N9O6S2. The van der Waals surface area contributed by atoms with Crippen LogP contribution < -0.4 is 20.1 Å². The molecule has 222 valence electrons. The van der Waals surface area contributed by atoms with Gasteiger partial charge in [-0.3, -0.25) is 9.59 Å². The van der Waals surface area contributed by atoms with E-state index in [2.05, 4.69) is 45.0 Å². The molecule has 4 N–H and O–H groups in total. The third kappa shape index (κ3) is 7.33. The molecule has 44 heavy (non-hydrogen) atoms. The van der Waals surface area contributed by atoms with Gasteiger partial charge in [-0.15, -0.1) is 0 Å². The summed E-state index contributed by atoms with van der Waals surface area (Å²) < 4.78 is 54.7. The number of hydrogen-bond donors (Lipinski definition) is 4. The predicted octanol–water partition coefficient (Wildman–Crippen LogP) is 2.77. The van der Waals surface area contributed by atoms with Gasteiger partial charge in [0, 0.05) is 36.2 Å². The minimum atomic E-state index is -3.96. The Morgan fingerprint density at radius 1 is 0.500 bits per heavy atom. The molecule has 5 rings (SSSR count). The number of rotatable bonds is 10. The highest BCUT2D eigenvalue weighted by atomic mass is 32.2. The topological polar surface area (TPSA) is 215 Å². The van der Waals surface area contributed by atoms with Gasteiger partial charge in [0.05, 0.1) is 9.79 Å². The lowest BCUT2D eigenvalue weighted by molar-refractivity contribution is 0.101. The number of pyridine rings is 1. The average Bonchev–Trinajstić information content (AvgIpc) is 3.02. The van der Waals surface area contributed by atoms with Crippen molar-refractivity contribution in [1.29, 1.82) is 0 Å². The van der Waals surface area contributed by atoms with Crippen molar-refractivity contribution in [3.05, 3.63) is 115 Å². The van der Waals surface area contributed by atoms with Crippen molar-refractivity contribution < 1.29 is 26.4 Å². The predicted molar refractivity (Wildman–Crippen MR) is 159 cm³/mol. The summed E-state index contributed by atoms with van der Waals surface area (Å²) in [6.45, 7) is 0. The Hall–Kier alpha value is -5.81. The summed E-state index contributed by atoms with van der Waals surface area (Å²) in [5.41, 5.74) is 0.413. The number of hydrogen-bond acceptors (Lipinski definition) is 11. The van der Waals surface area contributed by atoms with E-state index in [0.29, 0.717) is 0 Å². The summed E-state index contributed by atoms with van der Waals surface area (Å²) in [5, 5.41) is 5.19. The summed E-state index contributed by atoms with van der Waals surface area (Å²) in [6, 6.07) is 18.1. The summed E-state index contributed by atoms with van der Waals surface area (Å²) in [7, 11) is -7.91. The van der Waals surface area contributed by atoms with E-state index >= 15 is 0 Å². The highest BCUT2D eigenvalue weighted by Gasteiger charge is 2.18. The van der Waals surface area contributed by atoms with Gasteiger partial charge in [0.25, 0.3) is 31.9 Å². The van der Waals surface area contributed by atoms with Gasteiger partial charge in [-0.05, 0) is 72.8 Å². The summed E-state index contributed by atoms with van der Waals surface area (Å²) in [4.78, 5) is 44.9. The largest absolute Gasteiger partial charge is 0.321 e. The maximum atomic E-state index is 12.8. The molecule has 0 unspecified atom stereocenters. The van der Waals surface area contributed by atoms with E-state index in [1.54, 1.807) is 12.1 Å². The zero-order chi connectivity index (χ0) is 31.2. The molecule has 17 heteroatoms. The van der Waals surface area contributed by atoms with Gasteiger partial charge >= 0.3 is 0 Å². The van der Waals surface area contributed by atoms with Crippen LogP contribution in [0.15, 0.2) is 113 Å². The van der Waals surface area contributed by atoms with Gasteiger partial charge in [0.15, 0.2) is 0 Å². The Labute approximate surface area is 251 Å². The minimum absolute atomic E-state index is 0.0760. The first-order valence-corrected chi connectivity index (χ1v) is 15.5. The molecule has 0 spiro atoms. The van der Waals surface area contributed by atoms with E-state index in [1.165, 1.54) is 91.5 Å². The molecule has 5 aromatic rings. The first kappa shape index (κ1) is 29.7. The van der Waals surface area contributed by atoms with Crippen LogP contribution >= 0.6 is 0 Å². The third-order valence-electron chi connectivity index (χ3n) is 5.64. The summed E-state index contributed by atoms with van der Waals surface area (Å²) in [5.74, 6) is -1.46. The Morgan fingerprint density at radius 2 is 0.864 bits per heavy atom. The van der Waals surface area contributed by atoms with Gasteiger partial charge in [0.2, 0.25) is 11.9 Å². The normalized spacial score (nSPS) is 11.3. The molecule has 15 nitrogen and oxygen atoms in total. The van der Waals surface area contributed by atoms with Gasteiger partial charge in [0.1, 0.15) is 11.4 Å². The van der Waals surface area contributed by atoms with Crippen LogP contribution in [0.3, 0.4) is 0 Å². The number of amides is 2. The van der Waals surface area contributed by atoms with Crippen molar-refractivity contribution in [3.63, 3.8) is 0 Å². The van der Waals surface area contributed by atoms with E-state index in [9.17, 15) is 26.4 Å². The summed E-state index contributed by atoms with van der Waals surface area (Å²) >= 11 is 0. The molecule has 0 fully saturated rings. The number of anilines is 4. The van der Waals surface area contributed by atoms with E-state index in [0.717, 1.165) is 0 Å². The Bertz CT molecular complexity index is 1870. The quantitative estimate of drug-likeness (QED) is 0.176. The Balaban J connectivity index is 1.21. The monoisotopic (exact) mass is 631 g/mol. The molecular weight excluding hydrogens is 610 g/mol. The van der Waals surface area contributed by atoms with Crippen LogP contribution in [-0.4, -0.2) is 53.6 Å². The molecule has 0 radical (unpaired) electrons. The molecule has 2 amide bonds. The van der Waals surface area contributed by atoms with Crippen molar-refractivity contribution in [1.82, 2.24) is 24.9 Å². The number of sulfonamides is 2. The fourth-order valence-electron chi connectivity index (χ4n) is 3.57. The van der Waals surface area contributed by atoms with E-state index in [1.807, 2.05) is 0 Å². The van der Waals surface area contributed by atoms with Gasteiger partial charge in [-0.1, -0.05) is 6.07 Å². The lowest BCUT2D eigenvalue weighted by Gasteiger charge is -2.10. The van der Waals surface area contributed by atoms with Gasteiger partial charge in [-0.2, -0.15) is 0 Å². The van der Waals surface area contributed by atoms with Crippen LogP contribution in [0.5, 0.6) is 0 Å². The second-order valence-corrected chi connectivity index (χ2v) is 12.1. The molecule has 0 aliphatic carbocycles. The van der Waals surface area contributed by atoms with Crippen LogP contribution in [0.2, 0.25) is 0 Å². The fourth-order valence-corrected chi connectivity index (χ4v) is 5.49. The maximum Gasteiger partial charge on any atom is 0.274 e. The number of nitrogens with zero attached hydrogens (tertiary/aromatic N) is 5. The number of carbonyl (C=O) groups is 2. The lowest BCUT2D eigenvalue weighted by atomic mass is 10.2. The van der Waals surface area contributed by atoms with E-state index in [-0.39, 0.29) is 44.5 Å². The standard InChI is InChI=1S/C27H21N9O6S2/c37-24(32-18-6-10-20(11-7-18)43(39,40)35-26-28-14-2-15-29-26)22-4-1-5-23(34-22)25(38)33-19-8-12-21(13-9-19)44(41,42)36-27-30-16-3-17-31-27/h1-17H,(H,32,37)(H,33,38)(H,28,29,35)(H,30,31,36). The van der Waals surface area contributed by atoms with Crippen LogP contribution in [0.4, 0.5) is 23.3 Å². The first-order chi connectivity index (χ1) is 21.1. The highest BCUT2D eigenvalue weighted by molar-refractivity contribution is 7.93. The maximum absolute atomic E-state index is 12.8. The van der Waals surface area contributed by atoms with Crippen LogP contribution in [-0.2, 0) is 20.0 Å². The number of benzene rings is 2. The lowest BCUT2D eigenvalue weighted by Crippen LogP contribution is -2.19. The zero-order valence-electron chi connectivity index (χ0n) is 22.3. The molecule has 0 bridgehead atoms. The van der Waals surface area contributed by atoms with Crippen molar-refractivity contribution in [2.24, 2.45) is 0 Å². The second kappa shape index (κ2) is 12.6. The smallest absolute Gasteiger partial charge is 0.274 e. The molecule has 2 aromatic carbocycles. The number of carbonyl (C=O) groups excluding carboxylic acids is 2. The van der Waals surface area contributed by atoms with E-state index in [4.69, 9.17) is 0 Å². The second-order valence-electron chi connectivity index (χ2n) is 8.72. The minimum Gasteiger partial charge on any atom is -0.321 e. The van der Waals surface area contributed by atoms with Crippen molar-refractivity contribution in [2.45, 2.75) is 9.79 Å². The van der Waals surface area contributed by atoms with Gasteiger partial charge < -0.3 is 10.6 Å². The third-order valence-corrected chi connectivity index (χ3v) is 8.33. The molecule has 0 atom stereocenters. The van der Waals surface area contributed by atoms with E-state index < -0.39 is 31.9 Å². The Morgan fingerprint density at radius 3 is 1.23 bits per heavy atom. The molecule has 0 saturated carbocycles. The molecule has 0 saturated heterocycles. The Kier molecular flexibility index (Phi) is 8.49. The van der Waals surface area contributed by atoms with Crippen LogP contribution in [0, 0.1) is 0 Å². The fraction of sp³-hybridized carbons (Fsp3) is 0. The van der Waals surface area contributed by atoms with Gasteiger partial charge in [-0.25, -0.2) is 51.2 Å². The average molecular weight is 632 g/mol. The highest BCUT2D eigenvalue weighted by Crippen LogP contribution is 2.19. The van der Waals surface area contributed by atoms with Crippen molar-refractivity contribution in [2.75, 3.05) is 20.1 Å². The number of nitrogens with one attached hydrogen (secondary N) is 4. The molecule has 3 aromatic heterocycles. The molecule has 3 heterocycles. The van der Waals surface area contributed by atoms with Crippen molar-refractivity contribution >= 4 is 55.1 Å². The zero-order valence-corrected chi connectivity index (χ0v) is 24.0. The first-order valence-electron chi connectivity index (χ1n) is 12.5. The summed E-state index contributed by atoms with van der Waals surface area (Å²) in [6.07, 6.45) is 5.57. The van der Waals surface area contributed by atoms with Crippen LogP contribution in [0.1, 0.15) is 21.0 Å². The SMILES string of the molecule is O=C(Nc1ccc(S(=O)(=O)Nc2ncccn2)cc1)c1cccc(C(=O)Nc2ccc(S(=O)(=O)Nc3ncccn3)cc2)n1.